The number of hydrogen-bond acceptors (Lipinski definition) is 6. The SMILES string of the molecule is CCCNC(=O)CN(C)CC(=O)Nc1sc(-c2ccccc2)c(C)c1C(=O)N1CCOCC1. The number of ether oxygens (including phenoxy) is 1. The Bertz CT molecular complexity index is 970. The highest BCUT2D eigenvalue weighted by Gasteiger charge is 2.28. The second-order valence-corrected chi connectivity index (χ2v) is 9.12. The lowest BCUT2D eigenvalue weighted by atomic mass is 10.1. The van der Waals surface area contributed by atoms with Crippen LogP contribution in [-0.2, 0) is 14.3 Å². The van der Waals surface area contributed by atoms with Gasteiger partial charge >= 0.3 is 0 Å². The summed E-state index contributed by atoms with van der Waals surface area (Å²) in [6.45, 7) is 6.76. The minimum absolute atomic E-state index is 0.0440. The molecule has 2 aromatic rings. The zero-order chi connectivity index (χ0) is 23.8. The molecule has 1 saturated heterocycles. The average molecular weight is 473 g/mol. The molecule has 0 atom stereocenters. The molecule has 1 aliphatic heterocycles. The highest BCUT2D eigenvalue weighted by molar-refractivity contribution is 7.20. The Morgan fingerprint density at radius 3 is 2.42 bits per heavy atom. The van der Waals surface area contributed by atoms with Crippen molar-refractivity contribution in [2.24, 2.45) is 0 Å². The van der Waals surface area contributed by atoms with E-state index in [0.717, 1.165) is 22.4 Å². The van der Waals surface area contributed by atoms with Crippen LogP contribution in [0.3, 0.4) is 0 Å². The molecule has 1 aromatic carbocycles. The van der Waals surface area contributed by atoms with Crippen LogP contribution in [0.15, 0.2) is 30.3 Å². The largest absolute Gasteiger partial charge is 0.378 e. The summed E-state index contributed by atoms with van der Waals surface area (Å²) in [6.07, 6.45) is 0.858. The Balaban J connectivity index is 1.80. The zero-order valence-corrected chi connectivity index (χ0v) is 20.3. The van der Waals surface area contributed by atoms with Gasteiger partial charge < -0.3 is 20.3 Å². The summed E-state index contributed by atoms with van der Waals surface area (Å²) in [5.74, 6) is -0.483. The van der Waals surface area contributed by atoms with E-state index in [2.05, 4.69) is 10.6 Å². The molecule has 33 heavy (non-hydrogen) atoms. The van der Waals surface area contributed by atoms with Gasteiger partial charge in [-0.1, -0.05) is 37.3 Å². The summed E-state index contributed by atoms with van der Waals surface area (Å²) in [5, 5.41) is 6.28. The van der Waals surface area contributed by atoms with Gasteiger partial charge in [0.05, 0.1) is 31.9 Å². The first-order chi connectivity index (χ1) is 15.9. The summed E-state index contributed by atoms with van der Waals surface area (Å²) in [6, 6.07) is 9.84. The lowest BCUT2D eigenvalue weighted by molar-refractivity contribution is -0.122. The predicted octanol–water partition coefficient (Wildman–Crippen LogP) is 2.59. The number of carbonyl (C=O) groups excluding carboxylic acids is 3. The Labute approximate surface area is 198 Å². The van der Waals surface area contributed by atoms with E-state index in [9.17, 15) is 14.4 Å². The molecule has 0 radical (unpaired) electrons. The van der Waals surface area contributed by atoms with E-state index in [4.69, 9.17) is 4.74 Å². The molecule has 0 aliphatic carbocycles. The number of nitrogens with zero attached hydrogens (tertiary/aromatic N) is 2. The van der Waals surface area contributed by atoms with Gasteiger partial charge in [0.25, 0.3) is 5.91 Å². The van der Waals surface area contributed by atoms with Crippen molar-refractivity contribution in [2.45, 2.75) is 20.3 Å². The summed E-state index contributed by atoms with van der Waals surface area (Å²) in [7, 11) is 1.72. The summed E-state index contributed by atoms with van der Waals surface area (Å²) < 4.78 is 5.39. The van der Waals surface area contributed by atoms with Crippen molar-refractivity contribution in [3.63, 3.8) is 0 Å². The normalized spacial score (nSPS) is 13.8. The standard InChI is InChI=1S/C24H32N4O4S/c1-4-10-25-19(29)15-27(3)16-20(30)26-23-21(24(31)28-11-13-32-14-12-28)17(2)22(33-23)18-8-6-5-7-9-18/h5-9H,4,10-16H2,1-3H3,(H,25,29)(H,26,30). The first kappa shape index (κ1) is 24.9. The minimum atomic E-state index is -0.266. The first-order valence-corrected chi connectivity index (χ1v) is 12.0. The maximum absolute atomic E-state index is 13.4. The van der Waals surface area contributed by atoms with E-state index in [0.29, 0.717) is 43.4 Å². The second-order valence-electron chi connectivity index (χ2n) is 8.10. The van der Waals surface area contributed by atoms with Gasteiger partial charge in [0, 0.05) is 24.5 Å². The number of carbonyl (C=O) groups is 3. The maximum Gasteiger partial charge on any atom is 0.257 e. The third kappa shape index (κ3) is 6.63. The molecule has 0 unspecified atom stereocenters. The molecule has 0 saturated carbocycles. The van der Waals surface area contributed by atoms with Crippen LogP contribution in [-0.4, -0.2) is 80.5 Å². The van der Waals surface area contributed by atoms with Gasteiger partial charge in [-0.05, 0) is 31.5 Å². The molecule has 2 heterocycles. The highest BCUT2D eigenvalue weighted by atomic mass is 32.1. The topological polar surface area (TPSA) is 91.0 Å². The van der Waals surface area contributed by atoms with Crippen molar-refractivity contribution in [1.29, 1.82) is 0 Å². The van der Waals surface area contributed by atoms with E-state index in [1.165, 1.54) is 11.3 Å². The molecule has 0 spiro atoms. The molecular weight excluding hydrogens is 440 g/mol. The molecule has 3 rings (SSSR count). The Hall–Kier alpha value is -2.75. The number of hydrogen-bond donors (Lipinski definition) is 2. The monoisotopic (exact) mass is 472 g/mol. The van der Waals surface area contributed by atoms with Crippen molar-refractivity contribution in [3.8, 4) is 10.4 Å². The van der Waals surface area contributed by atoms with Crippen molar-refractivity contribution >= 4 is 34.1 Å². The molecule has 1 aliphatic rings. The Morgan fingerprint density at radius 2 is 1.76 bits per heavy atom. The smallest absolute Gasteiger partial charge is 0.257 e. The van der Waals surface area contributed by atoms with E-state index in [-0.39, 0.29) is 30.8 Å². The van der Waals surface area contributed by atoms with Crippen LogP contribution in [0.1, 0.15) is 29.3 Å². The number of nitrogens with one attached hydrogen (secondary N) is 2. The number of likely N-dealkylation sites (N-methyl/N-ethyl adjacent to an activating group) is 1. The fourth-order valence-corrected chi connectivity index (χ4v) is 4.90. The fraction of sp³-hybridized carbons (Fsp3) is 0.458. The zero-order valence-electron chi connectivity index (χ0n) is 19.5. The van der Waals surface area contributed by atoms with Crippen LogP contribution >= 0.6 is 11.3 Å². The van der Waals surface area contributed by atoms with Gasteiger partial charge in [0.2, 0.25) is 11.8 Å². The van der Waals surface area contributed by atoms with Crippen LogP contribution in [0.5, 0.6) is 0 Å². The molecule has 0 bridgehead atoms. The van der Waals surface area contributed by atoms with E-state index >= 15 is 0 Å². The van der Waals surface area contributed by atoms with Gasteiger partial charge in [0.15, 0.2) is 0 Å². The van der Waals surface area contributed by atoms with Crippen LogP contribution in [0.2, 0.25) is 0 Å². The molecular formula is C24H32N4O4S. The van der Waals surface area contributed by atoms with Crippen molar-refractivity contribution < 1.29 is 19.1 Å². The van der Waals surface area contributed by atoms with Crippen molar-refractivity contribution in [1.82, 2.24) is 15.1 Å². The summed E-state index contributed by atoms with van der Waals surface area (Å²) in [4.78, 5) is 42.5. The number of rotatable bonds is 9. The van der Waals surface area contributed by atoms with Gasteiger partial charge in [-0.3, -0.25) is 19.3 Å². The van der Waals surface area contributed by atoms with E-state index in [1.807, 2.05) is 44.2 Å². The number of amides is 3. The summed E-state index contributed by atoms with van der Waals surface area (Å²) in [5.41, 5.74) is 2.38. The van der Waals surface area contributed by atoms with Crippen LogP contribution in [0.4, 0.5) is 5.00 Å². The number of anilines is 1. The predicted molar refractivity (Wildman–Crippen MR) is 131 cm³/mol. The van der Waals surface area contributed by atoms with Gasteiger partial charge in [-0.2, -0.15) is 0 Å². The number of morpholine rings is 1. The minimum Gasteiger partial charge on any atom is -0.378 e. The van der Waals surface area contributed by atoms with Crippen LogP contribution < -0.4 is 10.6 Å². The number of thiophene rings is 1. The molecule has 1 fully saturated rings. The maximum atomic E-state index is 13.4. The van der Waals surface area contributed by atoms with Gasteiger partial charge in [-0.25, -0.2) is 0 Å². The van der Waals surface area contributed by atoms with Crippen molar-refractivity contribution in [2.75, 3.05) is 58.3 Å². The Kier molecular flexibility index (Phi) is 8.99. The van der Waals surface area contributed by atoms with Gasteiger partial charge in [0.1, 0.15) is 5.00 Å². The third-order valence-electron chi connectivity index (χ3n) is 5.35. The molecule has 3 amide bonds. The summed E-state index contributed by atoms with van der Waals surface area (Å²) >= 11 is 1.40. The lowest BCUT2D eigenvalue weighted by Crippen LogP contribution is -2.41. The Morgan fingerprint density at radius 1 is 1.09 bits per heavy atom. The molecule has 2 N–H and O–H groups in total. The molecule has 178 valence electrons. The van der Waals surface area contributed by atoms with Crippen molar-refractivity contribution in [3.05, 3.63) is 41.5 Å². The lowest BCUT2D eigenvalue weighted by Gasteiger charge is -2.27. The van der Waals surface area contributed by atoms with Crippen LogP contribution in [0, 0.1) is 6.92 Å². The fourth-order valence-electron chi connectivity index (χ4n) is 3.68. The molecule has 1 aromatic heterocycles. The van der Waals surface area contributed by atoms with Crippen LogP contribution in [0.25, 0.3) is 10.4 Å². The average Bonchev–Trinajstić information content (AvgIpc) is 3.13. The highest BCUT2D eigenvalue weighted by Crippen LogP contribution is 2.40. The molecule has 8 nitrogen and oxygen atoms in total. The third-order valence-corrected chi connectivity index (χ3v) is 6.60. The number of benzene rings is 1. The van der Waals surface area contributed by atoms with E-state index in [1.54, 1.807) is 16.8 Å². The first-order valence-electron chi connectivity index (χ1n) is 11.2. The quantitative estimate of drug-likeness (QED) is 0.586. The second kappa shape index (κ2) is 11.9. The van der Waals surface area contributed by atoms with E-state index < -0.39 is 0 Å². The molecule has 9 heteroatoms. The van der Waals surface area contributed by atoms with Gasteiger partial charge in [-0.15, -0.1) is 11.3 Å².